The molecular weight excluding hydrogens is 218 g/mol. The van der Waals surface area contributed by atoms with E-state index in [2.05, 4.69) is 15.5 Å². The molecule has 1 heterocycles. The van der Waals surface area contributed by atoms with Crippen LogP contribution in [0.1, 0.15) is 19.8 Å². The maximum absolute atomic E-state index is 11.5. The number of nitrogens with zero attached hydrogens (tertiary/aromatic N) is 2. The van der Waals surface area contributed by atoms with Crippen molar-refractivity contribution < 1.29 is 4.79 Å². The van der Waals surface area contributed by atoms with Crippen molar-refractivity contribution in [1.82, 2.24) is 15.5 Å². The molecule has 2 rings (SSSR count). The summed E-state index contributed by atoms with van der Waals surface area (Å²) in [6, 6.07) is 0.431. The van der Waals surface area contributed by atoms with Crippen LogP contribution in [0.25, 0.3) is 0 Å². The summed E-state index contributed by atoms with van der Waals surface area (Å²) < 4.78 is 0.850. The first-order valence-electron chi connectivity index (χ1n) is 4.49. The van der Waals surface area contributed by atoms with Gasteiger partial charge in [-0.2, -0.15) is 0 Å². The number of aromatic nitrogens is 2. The summed E-state index contributed by atoms with van der Waals surface area (Å²) in [5.74, 6) is 0.104. The summed E-state index contributed by atoms with van der Waals surface area (Å²) in [6.45, 7) is 1.89. The highest BCUT2D eigenvalue weighted by atomic mass is 32.2. The van der Waals surface area contributed by atoms with E-state index in [-0.39, 0.29) is 11.2 Å². The van der Waals surface area contributed by atoms with Gasteiger partial charge in [0.15, 0.2) is 4.34 Å². The van der Waals surface area contributed by atoms with Gasteiger partial charge in [0.25, 0.3) is 0 Å². The molecule has 1 saturated carbocycles. The standard InChI is InChI=1S/C8H11N3OS2/c1-5(7(12)10-6-2-3-6)14-8-11-9-4-13-8/h4-6H,2-3H2,1H3,(H,10,12). The third-order valence-corrected chi connectivity index (χ3v) is 3.82. The van der Waals surface area contributed by atoms with Crippen LogP contribution in [0, 0.1) is 0 Å². The Morgan fingerprint density at radius 2 is 2.57 bits per heavy atom. The summed E-state index contributed by atoms with van der Waals surface area (Å²) in [7, 11) is 0. The van der Waals surface area contributed by atoms with Gasteiger partial charge in [0, 0.05) is 6.04 Å². The molecule has 1 N–H and O–H groups in total. The van der Waals surface area contributed by atoms with Gasteiger partial charge in [-0.3, -0.25) is 4.79 Å². The molecule has 4 nitrogen and oxygen atoms in total. The second-order valence-corrected chi connectivity index (χ2v) is 5.67. The topological polar surface area (TPSA) is 54.9 Å². The van der Waals surface area contributed by atoms with Crippen LogP contribution in [0.2, 0.25) is 0 Å². The molecule has 1 unspecified atom stereocenters. The molecule has 1 fully saturated rings. The van der Waals surface area contributed by atoms with Crippen molar-refractivity contribution in [1.29, 1.82) is 0 Å². The van der Waals surface area contributed by atoms with E-state index in [1.165, 1.54) is 23.1 Å². The number of carbonyl (C=O) groups excluding carboxylic acids is 1. The lowest BCUT2D eigenvalue weighted by molar-refractivity contribution is -0.120. The number of amides is 1. The fourth-order valence-corrected chi connectivity index (χ4v) is 2.60. The van der Waals surface area contributed by atoms with Crippen LogP contribution in [0.5, 0.6) is 0 Å². The molecular formula is C8H11N3OS2. The second kappa shape index (κ2) is 4.27. The molecule has 0 spiro atoms. The van der Waals surface area contributed by atoms with Crippen molar-refractivity contribution in [2.24, 2.45) is 0 Å². The van der Waals surface area contributed by atoms with Gasteiger partial charge in [-0.1, -0.05) is 23.1 Å². The monoisotopic (exact) mass is 229 g/mol. The molecule has 0 aromatic carbocycles. The number of hydrogen-bond acceptors (Lipinski definition) is 5. The Bertz CT molecular complexity index is 310. The highest BCUT2D eigenvalue weighted by molar-refractivity contribution is 8.02. The molecule has 1 aromatic rings. The van der Waals surface area contributed by atoms with E-state index in [1.807, 2.05) is 6.92 Å². The molecule has 0 aliphatic heterocycles. The fraction of sp³-hybridized carbons (Fsp3) is 0.625. The maximum atomic E-state index is 11.5. The number of nitrogens with one attached hydrogen (secondary N) is 1. The summed E-state index contributed by atoms with van der Waals surface area (Å²) >= 11 is 2.92. The smallest absolute Gasteiger partial charge is 0.233 e. The molecule has 1 atom stereocenters. The summed E-state index contributed by atoms with van der Waals surface area (Å²) in [5.41, 5.74) is 1.67. The van der Waals surface area contributed by atoms with Gasteiger partial charge in [-0.25, -0.2) is 0 Å². The first kappa shape index (κ1) is 9.92. The SMILES string of the molecule is CC(Sc1nncs1)C(=O)NC1CC1. The molecule has 1 amide bonds. The average Bonchev–Trinajstić information content (AvgIpc) is 2.81. The van der Waals surface area contributed by atoms with Gasteiger partial charge in [-0.15, -0.1) is 10.2 Å². The molecule has 0 bridgehead atoms. The van der Waals surface area contributed by atoms with Crippen LogP contribution in [0.4, 0.5) is 0 Å². The van der Waals surface area contributed by atoms with Gasteiger partial charge in [0.1, 0.15) is 5.51 Å². The minimum atomic E-state index is -0.0800. The Balaban J connectivity index is 1.81. The van der Waals surface area contributed by atoms with E-state index >= 15 is 0 Å². The molecule has 6 heteroatoms. The molecule has 1 aliphatic carbocycles. The van der Waals surface area contributed by atoms with Crippen molar-refractivity contribution >= 4 is 29.0 Å². The van der Waals surface area contributed by atoms with Gasteiger partial charge in [0.2, 0.25) is 5.91 Å². The minimum absolute atomic E-state index is 0.0800. The lowest BCUT2D eigenvalue weighted by Crippen LogP contribution is -2.32. The summed E-state index contributed by atoms with van der Waals surface area (Å²) in [4.78, 5) is 11.5. The Kier molecular flexibility index (Phi) is 3.02. The van der Waals surface area contributed by atoms with Crippen molar-refractivity contribution in [3.05, 3.63) is 5.51 Å². The lowest BCUT2D eigenvalue weighted by atomic mass is 10.4. The molecule has 76 valence electrons. The van der Waals surface area contributed by atoms with Crippen LogP contribution >= 0.6 is 23.1 Å². The minimum Gasteiger partial charge on any atom is -0.352 e. The molecule has 14 heavy (non-hydrogen) atoms. The molecule has 1 aliphatic rings. The van der Waals surface area contributed by atoms with E-state index in [9.17, 15) is 4.79 Å². The zero-order valence-electron chi connectivity index (χ0n) is 7.77. The fourth-order valence-electron chi connectivity index (χ4n) is 0.965. The number of rotatable bonds is 4. The second-order valence-electron chi connectivity index (χ2n) is 3.25. The normalized spacial score (nSPS) is 17.8. The molecule has 1 aromatic heterocycles. The first-order chi connectivity index (χ1) is 6.75. The predicted molar refractivity (Wildman–Crippen MR) is 56.4 cm³/mol. The van der Waals surface area contributed by atoms with Crippen LogP contribution < -0.4 is 5.32 Å². The van der Waals surface area contributed by atoms with Gasteiger partial charge >= 0.3 is 0 Å². The third kappa shape index (κ3) is 2.68. The maximum Gasteiger partial charge on any atom is 0.233 e. The molecule has 0 radical (unpaired) electrons. The highest BCUT2D eigenvalue weighted by Gasteiger charge is 2.26. The number of hydrogen-bond donors (Lipinski definition) is 1. The van der Waals surface area contributed by atoms with Crippen LogP contribution in [0.15, 0.2) is 9.85 Å². The third-order valence-electron chi connectivity index (χ3n) is 1.91. The van der Waals surface area contributed by atoms with Crippen molar-refractivity contribution in [2.75, 3.05) is 0 Å². The van der Waals surface area contributed by atoms with E-state index in [4.69, 9.17) is 0 Å². The highest BCUT2D eigenvalue weighted by Crippen LogP contribution is 2.25. The van der Waals surface area contributed by atoms with Gasteiger partial charge in [0.05, 0.1) is 5.25 Å². The first-order valence-corrected chi connectivity index (χ1v) is 6.25. The zero-order chi connectivity index (χ0) is 9.97. The van der Waals surface area contributed by atoms with Crippen LogP contribution in [-0.2, 0) is 4.79 Å². The summed E-state index contributed by atoms with van der Waals surface area (Å²) in [5, 5.41) is 10.5. The Morgan fingerprint density at radius 3 is 3.14 bits per heavy atom. The predicted octanol–water partition coefficient (Wildman–Crippen LogP) is 1.30. The van der Waals surface area contributed by atoms with Crippen molar-refractivity contribution in [3.63, 3.8) is 0 Å². The number of thioether (sulfide) groups is 1. The lowest BCUT2D eigenvalue weighted by Gasteiger charge is -2.08. The van der Waals surface area contributed by atoms with Crippen molar-refractivity contribution in [2.45, 2.75) is 35.4 Å². The largest absolute Gasteiger partial charge is 0.352 e. The number of carbonyl (C=O) groups is 1. The zero-order valence-corrected chi connectivity index (χ0v) is 9.40. The van der Waals surface area contributed by atoms with Crippen LogP contribution in [-0.4, -0.2) is 27.4 Å². The van der Waals surface area contributed by atoms with E-state index in [0.717, 1.165) is 17.2 Å². The van der Waals surface area contributed by atoms with E-state index < -0.39 is 0 Å². The Morgan fingerprint density at radius 1 is 1.79 bits per heavy atom. The summed E-state index contributed by atoms with van der Waals surface area (Å²) in [6.07, 6.45) is 2.25. The molecule has 0 saturated heterocycles. The van der Waals surface area contributed by atoms with E-state index in [0.29, 0.717) is 6.04 Å². The van der Waals surface area contributed by atoms with Gasteiger partial charge < -0.3 is 5.32 Å². The van der Waals surface area contributed by atoms with Crippen molar-refractivity contribution in [3.8, 4) is 0 Å². The Labute approximate surface area is 90.5 Å². The van der Waals surface area contributed by atoms with Crippen LogP contribution in [0.3, 0.4) is 0 Å². The quantitative estimate of drug-likeness (QED) is 0.791. The average molecular weight is 229 g/mol. The van der Waals surface area contributed by atoms with E-state index in [1.54, 1.807) is 5.51 Å². The Hall–Kier alpha value is -0.620. The van der Waals surface area contributed by atoms with Gasteiger partial charge in [-0.05, 0) is 19.8 Å².